The molecule has 0 radical (unpaired) electrons. The molecule has 1 saturated heterocycles. The van der Waals surface area contributed by atoms with E-state index in [-0.39, 0.29) is 5.91 Å². The number of methoxy groups -OCH3 is 2. The molecule has 1 aromatic carbocycles. The Kier molecular flexibility index (Phi) is 5.67. The molecule has 0 bridgehead atoms. The van der Waals surface area contributed by atoms with Crippen LogP contribution in [-0.2, 0) is 9.53 Å². The van der Waals surface area contributed by atoms with Gasteiger partial charge in [0.2, 0.25) is 0 Å². The zero-order valence-corrected chi connectivity index (χ0v) is 16.3. The number of aliphatic imine (C=N–C) groups is 1. The van der Waals surface area contributed by atoms with E-state index < -0.39 is 0 Å². The van der Waals surface area contributed by atoms with E-state index in [2.05, 4.69) is 32.5 Å². The molecule has 24 heavy (non-hydrogen) atoms. The molecule has 0 saturated carbocycles. The van der Waals surface area contributed by atoms with Gasteiger partial charge in [0.05, 0.1) is 35.9 Å². The van der Waals surface area contributed by atoms with Crippen molar-refractivity contribution in [3.8, 4) is 11.5 Å². The highest BCUT2D eigenvalue weighted by molar-refractivity contribution is 14.1. The molecule has 1 amide bonds. The van der Waals surface area contributed by atoms with Crippen LogP contribution in [0.4, 0.5) is 0 Å². The van der Waals surface area contributed by atoms with Crippen LogP contribution in [0.15, 0.2) is 22.0 Å². The zero-order chi connectivity index (χ0) is 17.1. The highest BCUT2D eigenvalue weighted by Crippen LogP contribution is 2.36. The number of carbonyl (C=O) groups is 1. The Balaban J connectivity index is 1.82. The van der Waals surface area contributed by atoms with Crippen molar-refractivity contribution >= 4 is 51.5 Å². The molecule has 128 valence electrons. The van der Waals surface area contributed by atoms with Crippen LogP contribution in [0.5, 0.6) is 11.5 Å². The van der Waals surface area contributed by atoms with Crippen LogP contribution in [0.25, 0.3) is 6.08 Å². The molecule has 0 atom stereocenters. The maximum Gasteiger partial charge on any atom is 0.286 e. The molecule has 2 heterocycles. The predicted molar refractivity (Wildman–Crippen MR) is 103 cm³/mol. The number of benzene rings is 1. The Bertz CT molecular complexity index is 714. The minimum Gasteiger partial charge on any atom is -0.493 e. The average Bonchev–Trinajstić information content (AvgIpc) is 2.96. The number of hydrogen-bond donors (Lipinski definition) is 0. The van der Waals surface area contributed by atoms with E-state index in [4.69, 9.17) is 14.2 Å². The Morgan fingerprint density at radius 3 is 2.71 bits per heavy atom. The van der Waals surface area contributed by atoms with Crippen molar-refractivity contribution < 1.29 is 19.0 Å². The molecule has 3 rings (SSSR count). The first-order valence-electron chi connectivity index (χ1n) is 7.39. The first kappa shape index (κ1) is 17.6. The van der Waals surface area contributed by atoms with E-state index in [1.165, 1.54) is 11.8 Å². The Hall–Kier alpha value is -1.26. The number of thioether (sulfide) groups is 1. The normalized spacial score (nSPS) is 19.6. The van der Waals surface area contributed by atoms with Gasteiger partial charge in [0.1, 0.15) is 0 Å². The van der Waals surface area contributed by atoms with Crippen molar-refractivity contribution in [2.45, 2.75) is 0 Å². The lowest BCUT2D eigenvalue weighted by Gasteiger charge is -2.27. The zero-order valence-electron chi connectivity index (χ0n) is 13.4. The lowest BCUT2D eigenvalue weighted by molar-refractivity contribution is -0.113. The largest absolute Gasteiger partial charge is 0.493 e. The van der Waals surface area contributed by atoms with Gasteiger partial charge in [-0.1, -0.05) is 0 Å². The third kappa shape index (κ3) is 3.70. The fraction of sp³-hybridized carbons (Fsp3) is 0.375. The fourth-order valence-electron chi connectivity index (χ4n) is 2.46. The van der Waals surface area contributed by atoms with E-state index >= 15 is 0 Å². The third-order valence-electron chi connectivity index (χ3n) is 3.64. The van der Waals surface area contributed by atoms with Gasteiger partial charge in [-0.3, -0.25) is 4.79 Å². The molecule has 0 N–H and O–H groups in total. The molecule has 1 aromatic rings. The van der Waals surface area contributed by atoms with Crippen LogP contribution in [0.3, 0.4) is 0 Å². The van der Waals surface area contributed by atoms with Crippen LogP contribution in [0.2, 0.25) is 0 Å². The molecular formula is C16H17IN2O4S. The van der Waals surface area contributed by atoms with Gasteiger partial charge in [0.25, 0.3) is 5.91 Å². The number of morpholine rings is 1. The molecule has 2 aliphatic rings. The standard InChI is InChI=1S/C16H17IN2O4S/c1-21-12-8-10(7-11(17)14(12)22-2)9-13-15(20)18-16(24-13)19-3-5-23-6-4-19/h7-9H,3-6H2,1-2H3. The Morgan fingerprint density at radius 1 is 1.29 bits per heavy atom. The van der Waals surface area contributed by atoms with Crippen molar-refractivity contribution in [1.82, 2.24) is 4.90 Å². The first-order valence-corrected chi connectivity index (χ1v) is 9.28. The van der Waals surface area contributed by atoms with Crippen LogP contribution < -0.4 is 9.47 Å². The molecule has 0 aromatic heterocycles. The smallest absolute Gasteiger partial charge is 0.286 e. The van der Waals surface area contributed by atoms with Gasteiger partial charge in [-0.15, -0.1) is 0 Å². The minimum absolute atomic E-state index is 0.203. The van der Waals surface area contributed by atoms with E-state index in [1.807, 2.05) is 18.2 Å². The highest BCUT2D eigenvalue weighted by Gasteiger charge is 2.27. The molecular weight excluding hydrogens is 443 g/mol. The quantitative estimate of drug-likeness (QED) is 0.511. The summed E-state index contributed by atoms with van der Waals surface area (Å²) in [5, 5.41) is 0.754. The van der Waals surface area contributed by atoms with Crippen molar-refractivity contribution in [1.29, 1.82) is 0 Å². The molecule has 0 unspecified atom stereocenters. The van der Waals surface area contributed by atoms with Crippen molar-refractivity contribution in [3.05, 3.63) is 26.2 Å². The minimum atomic E-state index is -0.203. The molecule has 2 aliphatic heterocycles. The summed E-state index contributed by atoms with van der Waals surface area (Å²) in [6.07, 6.45) is 1.84. The second kappa shape index (κ2) is 7.75. The van der Waals surface area contributed by atoms with E-state index in [0.29, 0.717) is 29.6 Å². The number of hydrogen-bond acceptors (Lipinski definition) is 6. The molecule has 1 fully saturated rings. The SMILES string of the molecule is COc1cc(C=C2SC(N3CCOCC3)=NC2=O)cc(I)c1OC. The van der Waals surface area contributed by atoms with Crippen LogP contribution >= 0.6 is 34.4 Å². The fourth-order valence-corrected chi connectivity index (χ4v) is 4.27. The summed E-state index contributed by atoms with van der Waals surface area (Å²) in [7, 11) is 3.21. The summed E-state index contributed by atoms with van der Waals surface area (Å²) in [5.41, 5.74) is 0.881. The maximum atomic E-state index is 12.2. The summed E-state index contributed by atoms with van der Waals surface area (Å²) in [6, 6.07) is 3.81. The molecule has 0 spiro atoms. The Morgan fingerprint density at radius 2 is 2.04 bits per heavy atom. The summed E-state index contributed by atoms with van der Waals surface area (Å²) < 4.78 is 17.0. The Labute approximate surface area is 158 Å². The molecule has 0 aliphatic carbocycles. The second-order valence-electron chi connectivity index (χ2n) is 5.15. The third-order valence-corrected chi connectivity index (χ3v) is 5.49. The average molecular weight is 460 g/mol. The van der Waals surface area contributed by atoms with Gasteiger partial charge >= 0.3 is 0 Å². The van der Waals surface area contributed by atoms with Crippen LogP contribution in [0.1, 0.15) is 5.56 Å². The van der Waals surface area contributed by atoms with E-state index in [0.717, 1.165) is 27.4 Å². The number of ether oxygens (including phenoxy) is 3. The van der Waals surface area contributed by atoms with Gasteiger partial charge < -0.3 is 19.1 Å². The number of halogens is 1. The van der Waals surface area contributed by atoms with Gasteiger partial charge in [0, 0.05) is 13.1 Å². The number of nitrogens with zero attached hydrogens (tertiary/aromatic N) is 2. The molecule has 8 heteroatoms. The number of carbonyl (C=O) groups excluding carboxylic acids is 1. The first-order chi connectivity index (χ1) is 11.6. The van der Waals surface area contributed by atoms with Gasteiger partial charge in [0.15, 0.2) is 16.7 Å². The molecule has 6 nitrogen and oxygen atoms in total. The van der Waals surface area contributed by atoms with Crippen molar-refractivity contribution in [3.63, 3.8) is 0 Å². The monoisotopic (exact) mass is 460 g/mol. The van der Waals surface area contributed by atoms with Gasteiger partial charge in [-0.25, -0.2) is 0 Å². The van der Waals surface area contributed by atoms with E-state index in [9.17, 15) is 4.79 Å². The second-order valence-corrected chi connectivity index (χ2v) is 7.32. The maximum absolute atomic E-state index is 12.2. The predicted octanol–water partition coefficient (Wildman–Crippen LogP) is 2.61. The highest BCUT2D eigenvalue weighted by atomic mass is 127. The van der Waals surface area contributed by atoms with Gasteiger partial charge in [-0.2, -0.15) is 4.99 Å². The number of amidine groups is 1. The summed E-state index contributed by atoms with van der Waals surface area (Å²) in [4.78, 5) is 19.1. The van der Waals surface area contributed by atoms with E-state index in [1.54, 1.807) is 14.2 Å². The topological polar surface area (TPSA) is 60.4 Å². The number of amides is 1. The summed E-state index contributed by atoms with van der Waals surface area (Å²) in [6.45, 7) is 2.86. The van der Waals surface area contributed by atoms with Crippen LogP contribution in [0, 0.1) is 3.57 Å². The van der Waals surface area contributed by atoms with Gasteiger partial charge in [-0.05, 0) is 58.1 Å². The van der Waals surface area contributed by atoms with Crippen LogP contribution in [-0.4, -0.2) is 56.5 Å². The lowest BCUT2D eigenvalue weighted by Crippen LogP contribution is -2.38. The summed E-state index contributed by atoms with van der Waals surface area (Å²) >= 11 is 3.60. The van der Waals surface area contributed by atoms with Crippen molar-refractivity contribution in [2.24, 2.45) is 4.99 Å². The number of rotatable bonds is 3. The summed E-state index contributed by atoms with van der Waals surface area (Å²) in [5.74, 6) is 1.13. The van der Waals surface area contributed by atoms with Crippen molar-refractivity contribution in [2.75, 3.05) is 40.5 Å². The lowest BCUT2D eigenvalue weighted by atomic mass is 10.2.